The number of pyridine rings is 1. The molecular formula is C19H24N6O2. The van der Waals surface area contributed by atoms with Gasteiger partial charge in [0.05, 0.1) is 18.8 Å². The molecule has 0 saturated carbocycles. The van der Waals surface area contributed by atoms with Crippen LogP contribution < -0.4 is 9.80 Å². The molecule has 8 heteroatoms. The number of nitrogens with zero attached hydrogens (tertiary/aromatic N) is 6. The average Bonchev–Trinajstić information content (AvgIpc) is 2.74. The van der Waals surface area contributed by atoms with Gasteiger partial charge in [-0.1, -0.05) is 0 Å². The second-order valence-corrected chi connectivity index (χ2v) is 6.79. The first-order valence-corrected chi connectivity index (χ1v) is 9.33. The third-order valence-electron chi connectivity index (χ3n) is 4.92. The van der Waals surface area contributed by atoms with Crippen molar-refractivity contribution in [3.63, 3.8) is 0 Å². The van der Waals surface area contributed by atoms with Crippen molar-refractivity contribution in [2.24, 2.45) is 0 Å². The summed E-state index contributed by atoms with van der Waals surface area (Å²) >= 11 is 0. The number of amides is 1. The lowest BCUT2D eigenvalue weighted by Gasteiger charge is -2.35. The number of rotatable bonds is 3. The largest absolute Gasteiger partial charge is 0.378 e. The van der Waals surface area contributed by atoms with Crippen molar-refractivity contribution in [3.8, 4) is 0 Å². The number of ether oxygens (including phenoxy) is 1. The van der Waals surface area contributed by atoms with Crippen LogP contribution in [0.3, 0.4) is 0 Å². The molecule has 2 aromatic rings. The van der Waals surface area contributed by atoms with Crippen LogP contribution in [0.2, 0.25) is 0 Å². The van der Waals surface area contributed by atoms with E-state index in [1.165, 1.54) is 0 Å². The molecule has 4 heterocycles. The number of hydrogen-bond acceptors (Lipinski definition) is 7. The van der Waals surface area contributed by atoms with Gasteiger partial charge in [-0.3, -0.25) is 9.78 Å². The first-order chi connectivity index (χ1) is 13.2. The van der Waals surface area contributed by atoms with E-state index in [-0.39, 0.29) is 5.91 Å². The van der Waals surface area contributed by atoms with Crippen LogP contribution in [0.1, 0.15) is 16.1 Å². The highest BCUT2D eigenvalue weighted by molar-refractivity contribution is 5.94. The summed E-state index contributed by atoms with van der Waals surface area (Å²) < 4.78 is 5.43. The van der Waals surface area contributed by atoms with Crippen LogP contribution in [0, 0.1) is 6.92 Å². The van der Waals surface area contributed by atoms with E-state index in [0.717, 1.165) is 56.9 Å². The van der Waals surface area contributed by atoms with Crippen molar-refractivity contribution in [3.05, 3.63) is 41.9 Å². The van der Waals surface area contributed by atoms with E-state index in [9.17, 15) is 4.79 Å². The first kappa shape index (κ1) is 17.7. The van der Waals surface area contributed by atoms with Gasteiger partial charge in [0.2, 0.25) is 5.95 Å². The molecule has 0 unspecified atom stereocenters. The summed E-state index contributed by atoms with van der Waals surface area (Å²) in [7, 11) is 0. The molecule has 2 fully saturated rings. The average molecular weight is 368 g/mol. The molecule has 8 nitrogen and oxygen atoms in total. The molecule has 27 heavy (non-hydrogen) atoms. The zero-order chi connectivity index (χ0) is 18.6. The van der Waals surface area contributed by atoms with Gasteiger partial charge in [-0.25, -0.2) is 4.98 Å². The fraction of sp³-hybridized carbons (Fsp3) is 0.474. The van der Waals surface area contributed by atoms with Crippen molar-refractivity contribution >= 4 is 17.7 Å². The molecule has 142 valence electrons. The smallest absolute Gasteiger partial charge is 0.255 e. The van der Waals surface area contributed by atoms with Crippen LogP contribution in [0.5, 0.6) is 0 Å². The van der Waals surface area contributed by atoms with E-state index < -0.39 is 0 Å². The molecule has 2 aliphatic heterocycles. The highest BCUT2D eigenvalue weighted by Gasteiger charge is 2.24. The Bertz CT molecular complexity index is 786. The number of piperazine rings is 1. The van der Waals surface area contributed by atoms with E-state index in [2.05, 4.69) is 19.8 Å². The van der Waals surface area contributed by atoms with E-state index >= 15 is 0 Å². The summed E-state index contributed by atoms with van der Waals surface area (Å²) in [6.45, 7) is 7.90. The van der Waals surface area contributed by atoms with Crippen LogP contribution >= 0.6 is 0 Å². The predicted octanol–water partition coefficient (Wildman–Crippen LogP) is 0.979. The van der Waals surface area contributed by atoms with E-state index in [0.29, 0.717) is 18.7 Å². The Morgan fingerprint density at radius 3 is 2.52 bits per heavy atom. The first-order valence-electron chi connectivity index (χ1n) is 9.33. The van der Waals surface area contributed by atoms with E-state index in [4.69, 9.17) is 9.72 Å². The minimum atomic E-state index is 0.0296. The van der Waals surface area contributed by atoms with Gasteiger partial charge in [-0.2, -0.15) is 4.98 Å². The SMILES string of the molecule is Cc1cc(N2CCOCC2)nc(N2CCN(C(=O)c3cccnc3)CC2)n1. The van der Waals surface area contributed by atoms with Crippen molar-refractivity contribution < 1.29 is 9.53 Å². The van der Waals surface area contributed by atoms with Crippen LogP contribution in [-0.2, 0) is 4.74 Å². The molecule has 0 aliphatic carbocycles. The lowest BCUT2D eigenvalue weighted by Crippen LogP contribution is -2.49. The Morgan fingerprint density at radius 1 is 1.04 bits per heavy atom. The highest BCUT2D eigenvalue weighted by atomic mass is 16.5. The standard InChI is InChI=1S/C19H24N6O2/c1-15-13-17(23-9-11-27-12-10-23)22-19(21-15)25-7-5-24(6-8-25)18(26)16-3-2-4-20-14-16/h2-4,13-14H,5-12H2,1H3. The monoisotopic (exact) mass is 368 g/mol. The normalized spacial score (nSPS) is 17.9. The van der Waals surface area contributed by atoms with Crippen molar-refractivity contribution in [1.29, 1.82) is 0 Å². The zero-order valence-electron chi connectivity index (χ0n) is 15.5. The van der Waals surface area contributed by atoms with E-state index in [1.807, 2.05) is 17.9 Å². The fourth-order valence-electron chi connectivity index (χ4n) is 3.41. The summed E-state index contributed by atoms with van der Waals surface area (Å²) in [5.74, 6) is 1.72. The van der Waals surface area contributed by atoms with Crippen molar-refractivity contribution in [2.75, 3.05) is 62.3 Å². The Labute approximate surface area is 158 Å². The molecule has 0 bridgehead atoms. The summed E-state index contributed by atoms with van der Waals surface area (Å²) in [4.78, 5) is 32.3. The van der Waals surface area contributed by atoms with Crippen LogP contribution in [0.4, 0.5) is 11.8 Å². The van der Waals surface area contributed by atoms with Gasteiger partial charge in [-0.15, -0.1) is 0 Å². The molecule has 0 spiro atoms. The molecule has 4 rings (SSSR count). The second-order valence-electron chi connectivity index (χ2n) is 6.79. The summed E-state index contributed by atoms with van der Waals surface area (Å²) in [5.41, 5.74) is 1.59. The van der Waals surface area contributed by atoms with Gasteiger partial charge >= 0.3 is 0 Å². The number of aromatic nitrogens is 3. The van der Waals surface area contributed by atoms with Gasteiger partial charge in [0.1, 0.15) is 5.82 Å². The topological polar surface area (TPSA) is 74.7 Å². The molecule has 1 amide bonds. The zero-order valence-corrected chi connectivity index (χ0v) is 15.5. The van der Waals surface area contributed by atoms with Gasteiger partial charge in [0.25, 0.3) is 5.91 Å². The predicted molar refractivity (Wildman–Crippen MR) is 102 cm³/mol. The molecule has 2 saturated heterocycles. The number of carbonyl (C=O) groups excluding carboxylic acids is 1. The van der Waals surface area contributed by atoms with Crippen LogP contribution in [0.25, 0.3) is 0 Å². The maximum atomic E-state index is 12.6. The Morgan fingerprint density at radius 2 is 1.81 bits per heavy atom. The molecule has 0 N–H and O–H groups in total. The minimum absolute atomic E-state index is 0.0296. The number of morpholine rings is 1. The number of aryl methyl sites for hydroxylation is 1. The third-order valence-corrected chi connectivity index (χ3v) is 4.92. The van der Waals surface area contributed by atoms with E-state index in [1.54, 1.807) is 24.5 Å². The summed E-state index contributed by atoms with van der Waals surface area (Å²) in [6, 6.07) is 5.62. The van der Waals surface area contributed by atoms with Crippen LogP contribution in [0.15, 0.2) is 30.6 Å². The van der Waals surface area contributed by atoms with Crippen LogP contribution in [-0.4, -0.2) is 78.2 Å². The molecule has 0 aromatic carbocycles. The Hall–Kier alpha value is -2.74. The minimum Gasteiger partial charge on any atom is -0.378 e. The Kier molecular flexibility index (Phi) is 5.15. The van der Waals surface area contributed by atoms with Crippen molar-refractivity contribution in [2.45, 2.75) is 6.92 Å². The molecular weight excluding hydrogens is 344 g/mol. The summed E-state index contributed by atoms with van der Waals surface area (Å²) in [5, 5.41) is 0. The van der Waals surface area contributed by atoms with Crippen molar-refractivity contribution in [1.82, 2.24) is 19.9 Å². The quantitative estimate of drug-likeness (QED) is 0.799. The van der Waals surface area contributed by atoms with Gasteiger partial charge in [0, 0.05) is 63.4 Å². The lowest BCUT2D eigenvalue weighted by molar-refractivity contribution is 0.0746. The molecule has 2 aromatic heterocycles. The molecule has 0 atom stereocenters. The number of hydrogen-bond donors (Lipinski definition) is 0. The van der Waals surface area contributed by atoms with Gasteiger partial charge < -0.3 is 19.4 Å². The molecule has 0 radical (unpaired) electrons. The number of carbonyl (C=O) groups is 1. The lowest BCUT2D eigenvalue weighted by atomic mass is 10.2. The second kappa shape index (κ2) is 7.87. The van der Waals surface area contributed by atoms with Gasteiger partial charge in [0.15, 0.2) is 0 Å². The fourth-order valence-corrected chi connectivity index (χ4v) is 3.41. The highest BCUT2D eigenvalue weighted by Crippen LogP contribution is 2.20. The molecule has 2 aliphatic rings. The maximum Gasteiger partial charge on any atom is 0.255 e. The number of anilines is 2. The summed E-state index contributed by atoms with van der Waals surface area (Å²) in [6.07, 6.45) is 3.29. The van der Waals surface area contributed by atoms with Gasteiger partial charge in [-0.05, 0) is 19.1 Å². The third kappa shape index (κ3) is 4.00. The maximum absolute atomic E-state index is 12.6. The Balaban J connectivity index is 1.43.